The molecule has 2 heterocycles. The quantitative estimate of drug-likeness (QED) is 0.466. The van der Waals surface area contributed by atoms with Gasteiger partial charge in [-0.25, -0.2) is 0 Å². The molecule has 0 saturated heterocycles. The number of methoxy groups -OCH3 is 2. The highest BCUT2D eigenvalue weighted by Gasteiger charge is 2.26. The zero-order valence-electron chi connectivity index (χ0n) is 16.9. The van der Waals surface area contributed by atoms with Crippen molar-refractivity contribution >= 4 is 27.7 Å². The minimum absolute atomic E-state index is 0.000589. The molecule has 0 fully saturated rings. The summed E-state index contributed by atoms with van der Waals surface area (Å²) in [5, 5.41) is 3.80. The lowest BCUT2D eigenvalue weighted by Gasteiger charge is -2.13. The van der Waals surface area contributed by atoms with Gasteiger partial charge in [0, 0.05) is 6.54 Å². The number of hydrogen-bond donors (Lipinski definition) is 1. The summed E-state index contributed by atoms with van der Waals surface area (Å²) in [5.74, 6) is 0.430. The summed E-state index contributed by atoms with van der Waals surface area (Å²) < 4.78 is 22.3. The molecule has 0 radical (unpaired) electrons. The molecule has 30 heavy (non-hydrogen) atoms. The number of rotatable bonds is 7. The number of aryl methyl sites for hydroxylation is 1. The summed E-state index contributed by atoms with van der Waals surface area (Å²) >= 11 is 0. The van der Waals surface area contributed by atoms with Crippen LogP contribution in [0.15, 0.2) is 56.3 Å². The van der Waals surface area contributed by atoms with Gasteiger partial charge in [-0.15, -0.1) is 0 Å². The molecular formula is C23H21NO6. The Bertz CT molecular complexity index is 1290. The van der Waals surface area contributed by atoms with E-state index < -0.39 is 5.43 Å². The monoisotopic (exact) mass is 407 g/mol. The van der Waals surface area contributed by atoms with E-state index in [1.54, 1.807) is 13.0 Å². The highest BCUT2D eigenvalue weighted by Crippen LogP contribution is 2.42. The maximum Gasteiger partial charge on any atom is 0.207 e. The molecule has 1 N–H and O–H groups in total. The lowest BCUT2D eigenvalue weighted by atomic mass is 10.0. The van der Waals surface area contributed by atoms with Crippen molar-refractivity contribution in [2.45, 2.75) is 13.5 Å². The fraction of sp³-hybridized carbons (Fsp3) is 0.217. The molecule has 0 bridgehead atoms. The first-order valence-corrected chi connectivity index (χ1v) is 9.43. The first-order valence-electron chi connectivity index (χ1n) is 9.43. The number of hydrogen-bond acceptors (Lipinski definition) is 7. The number of ketones is 1. The molecule has 4 aromatic rings. The first kappa shape index (κ1) is 19.7. The average molecular weight is 407 g/mol. The van der Waals surface area contributed by atoms with Crippen LogP contribution in [0.25, 0.3) is 21.9 Å². The SMILES string of the molecule is COc1c2occc2c(OC)c2c(=O)c(C(=O)CNCc3ccccc3)c(C)oc12. The van der Waals surface area contributed by atoms with Crippen LogP contribution in [0.5, 0.6) is 11.5 Å². The van der Waals surface area contributed by atoms with Crippen LogP contribution in [0.2, 0.25) is 0 Å². The molecule has 0 aliphatic carbocycles. The lowest BCUT2D eigenvalue weighted by Crippen LogP contribution is -2.28. The number of Topliss-reactive ketones (excluding diaryl/α,β-unsaturated/α-hetero) is 1. The number of furan rings is 1. The van der Waals surface area contributed by atoms with Crippen molar-refractivity contribution in [3.63, 3.8) is 0 Å². The molecule has 0 spiro atoms. The van der Waals surface area contributed by atoms with Crippen molar-refractivity contribution in [2.24, 2.45) is 0 Å². The molecule has 0 saturated carbocycles. The second-order valence-electron chi connectivity index (χ2n) is 6.81. The maximum absolute atomic E-state index is 13.4. The molecular weight excluding hydrogens is 386 g/mol. The van der Waals surface area contributed by atoms with Crippen molar-refractivity contribution in [2.75, 3.05) is 20.8 Å². The largest absolute Gasteiger partial charge is 0.495 e. The molecule has 0 aliphatic rings. The Morgan fingerprint density at radius 2 is 1.77 bits per heavy atom. The van der Waals surface area contributed by atoms with Gasteiger partial charge in [0.25, 0.3) is 0 Å². The molecule has 154 valence electrons. The minimum atomic E-state index is -0.460. The van der Waals surface area contributed by atoms with Crippen LogP contribution in [0.1, 0.15) is 21.7 Å². The molecule has 7 nitrogen and oxygen atoms in total. The van der Waals surface area contributed by atoms with Crippen LogP contribution < -0.4 is 20.2 Å². The highest BCUT2D eigenvalue weighted by molar-refractivity contribution is 6.09. The zero-order valence-corrected chi connectivity index (χ0v) is 16.9. The van der Waals surface area contributed by atoms with E-state index in [-0.39, 0.29) is 46.1 Å². The molecule has 0 unspecified atom stereocenters. The van der Waals surface area contributed by atoms with Crippen molar-refractivity contribution in [1.29, 1.82) is 0 Å². The number of carbonyl (C=O) groups is 1. The Hall–Kier alpha value is -3.58. The normalized spacial score (nSPS) is 11.2. The Kier molecular flexibility index (Phi) is 5.29. The number of nitrogens with one attached hydrogen (secondary N) is 1. The lowest BCUT2D eigenvalue weighted by molar-refractivity contribution is 0.0987. The molecule has 2 aromatic carbocycles. The van der Waals surface area contributed by atoms with Gasteiger partial charge in [0.15, 0.2) is 16.9 Å². The Balaban J connectivity index is 1.78. The minimum Gasteiger partial charge on any atom is -0.495 e. The molecule has 4 rings (SSSR count). The van der Waals surface area contributed by atoms with Gasteiger partial charge in [0.05, 0.1) is 32.4 Å². The Labute approximate surface area is 172 Å². The van der Waals surface area contributed by atoms with Crippen molar-refractivity contribution in [1.82, 2.24) is 5.32 Å². The predicted octanol–water partition coefficient (Wildman–Crippen LogP) is 3.84. The fourth-order valence-corrected chi connectivity index (χ4v) is 3.64. The number of fused-ring (bicyclic) bond motifs is 2. The second-order valence-corrected chi connectivity index (χ2v) is 6.81. The smallest absolute Gasteiger partial charge is 0.207 e. The molecule has 0 aliphatic heterocycles. The van der Waals surface area contributed by atoms with E-state index in [0.29, 0.717) is 17.5 Å². The van der Waals surface area contributed by atoms with Crippen LogP contribution in [0.4, 0.5) is 0 Å². The summed E-state index contributed by atoms with van der Waals surface area (Å²) in [6.07, 6.45) is 1.48. The number of benzene rings is 2. The van der Waals surface area contributed by atoms with E-state index in [0.717, 1.165) is 5.56 Å². The molecule has 2 aromatic heterocycles. The van der Waals surface area contributed by atoms with Gasteiger partial charge >= 0.3 is 0 Å². The van der Waals surface area contributed by atoms with Gasteiger partial charge in [0.1, 0.15) is 22.5 Å². The van der Waals surface area contributed by atoms with E-state index in [9.17, 15) is 9.59 Å². The van der Waals surface area contributed by atoms with Crippen LogP contribution in [0.3, 0.4) is 0 Å². The van der Waals surface area contributed by atoms with Crippen molar-refractivity contribution < 1.29 is 23.1 Å². The van der Waals surface area contributed by atoms with Crippen LogP contribution >= 0.6 is 0 Å². The Morgan fingerprint density at radius 1 is 1.03 bits per heavy atom. The second kappa shape index (κ2) is 8.04. The van der Waals surface area contributed by atoms with Gasteiger partial charge < -0.3 is 23.6 Å². The first-order chi connectivity index (χ1) is 14.6. The third-order valence-electron chi connectivity index (χ3n) is 4.98. The molecule has 0 atom stereocenters. The van der Waals surface area contributed by atoms with Gasteiger partial charge in [-0.3, -0.25) is 9.59 Å². The third kappa shape index (κ3) is 3.23. The van der Waals surface area contributed by atoms with E-state index in [2.05, 4.69) is 5.32 Å². The van der Waals surface area contributed by atoms with E-state index >= 15 is 0 Å². The van der Waals surface area contributed by atoms with Crippen molar-refractivity contribution in [3.8, 4) is 11.5 Å². The van der Waals surface area contributed by atoms with E-state index in [1.165, 1.54) is 20.5 Å². The van der Waals surface area contributed by atoms with Gasteiger partial charge in [0.2, 0.25) is 11.2 Å². The number of ether oxygens (including phenoxy) is 2. The summed E-state index contributed by atoms with van der Waals surface area (Å²) in [6.45, 7) is 2.10. The summed E-state index contributed by atoms with van der Waals surface area (Å²) in [5.41, 5.74) is 1.17. The number of carbonyl (C=O) groups excluding carboxylic acids is 1. The van der Waals surface area contributed by atoms with E-state index in [4.69, 9.17) is 18.3 Å². The van der Waals surface area contributed by atoms with Crippen LogP contribution in [-0.4, -0.2) is 26.5 Å². The predicted molar refractivity (Wildman–Crippen MR) is 113 cm³/mol. The van der Waals surface area contributed by atoms with Crippen LogP contribution in [-0.2, 0) is 6.54 Å². The highest BCUT2D eigenvalue weighted by atomic mass is 16.5. The van der Waals surface area contributed by atoms with Gasteiger partial charge in [-0.05, 0) is 18.6 Å². The average Bonchev–Trinajstić information content (AvgIpc) is 3.22. The molecule has 0 amide bonds. The zero-order chi connectivity index (χ0) is 21.3. The summed E-state index contributed by atoms with van der Waals surface area (Å²) in [4.78, 5) is 26.2. The van der Waals surface area contributed by atoms with Crippen LogP contribution in [0, 0.1) is 6.92 Å². The van der Waals surface area contributed by atoms with Crippen molar-refractivity contribution in [3.05, 3.63) is 69.8 Å². The molecule has 7 heteroatoms. The van der Waals surface area contributed by atoms with Gasteiger partial charge in [-0.2, -0.15) is 0 Å². The Morgan fingerprint density at radius 3 is 2.47 bits per heavy atom. The third-order valence-corrected chi connectivity index (χ3v) is 4.98. The summed E-state index contributed by atoms with van der Waals surface area (Å²) in [6, 6.07) is 11.4. The van der Waals surface area contributed by atoms with Gasteiger partial charge in [-0.1, -0.05) is 30.3 Å². The fourth-order valence-electron chi connectivity index (χ4n) is 3.64. The standard InChI is InChI=1S/C23H21NO6/c1-13-17(16(25)12-24-11-14-7-5-4-6-8-14)19(26)18-20(27-2)15-9-10-29-21(15)23(28-3)22(18)30-13/h4-10,24H,11-12H2,1-3H3. The summed E-state index contributed by atoms with van der Waals surface area (Å²) in [7, 11) is 2.92. The topological polar surface area (TPSA) is 90.9 Å². The van der Waals surface area contributed by atoms with E-state index in [1.807, 2.05) is 30.3 Å². The maximum atomic E-state index is 13.4.